The molecule has 0 fully saturated rings. The number of aryl methyl sites for hydroxylation is 2. The molecule has 1 aromatic heterocycles. The van der Waals surface area contributed by atoms with Crippen molar-refractivity contribution in [3.05, 3.63) is 95.3 Å². The first-order valence-corrected chi connectivity index (χ1v) is 11.7. The van der Waals surface area contributed by atoms with Crippen LogP contribution in [0, 0.1) is 13.8 Å². The molecule has 1 heterocycles. The van der Waals surface area contributed by atoms with Gasteiger partial charge in [-0.05, 0) is 56.3 Å². The van der Waals surface area contributed by atoms with E-state index in [9.17, 15) is 9.59 Å². The van der Waals surface area contributed by atoms with Gasteiger partial charge in [0, 0.05) is 17.7 Å². The van der Waals surface area contributed by atoms with Crippen LogP contribution in [0.1, 0.15) is 64.9 Å². The van der Waals surface area contributed by atoms with E-state index < -0.39 is 5.97 Å². The number of carboxylic acid groups (broad SMARTS) is 1. The molecule has 0 aliphatic rings. The molecule has 0 aliphatic carbocycles. The van der Waals surface area contributed by atoms with Crippen LogP contribution in [0.4, 0.5) is 0 Å². The summed E-state index contributed by atoms with van der Waals surface area (Å²) in [6.07, 6.45) is 3.96. The number of methoxy groups -OCH3 is 2. The molecule has 0 saturated heterocycles. The first-order valence-electron chi connectivity index (χ1n) is 11.7. The Kier molecular flexibility index (Phi) is 12.4. The molecular formula is C29H36N2O5. The largest absolute Gasteiger partial charge is 0.493 e. The summed E-state index contributed by atoms with van der Waals surface area (Å²) in [5.41, 5.74) is 4.43. The number of hydrogen-bond acceptors (Lipinski definition) is 5. The second-order valence-electron chi connectivity index (χ2n) is 7.39. The molecule has 3 rings (SSSR count). The summed E-state index contributed by atoms with van der Waals surface area (Å²) in [5.74, 6) is 0.417. The van der Waals surface area contributed by atoms with Gasteiger partial charge in [-0.3, -0.25) is 4.79 Å². The fraction of sp³-hybridized carbons (Fsp3) is 0.276. The number of hydrogen-bond donors (Lipinski definition) is 1. The molecule has 0 amide bonds. The molecule has 0 radical (unpaired) electrons. The van der Waals surface area contributed by atoms with Crippen molar-refractivity contribution in [3.8, 4) is 11.5 Å². The van der Waals surface area contributed by atoms with E-state index in [0.29, 0.717) is 29.2 Å². The fourth-order valence-electron chi connectivity index (χ4n) is 3.13. The number of nitrogens with zero attached hydrogens (tertiary/aromatic N) is 2. The van der Waals surface area contributed by atoms with Crippen LogP contribution in [-0.2, 0) is 0 Å². The molecule has 0 spiro atoms. The first-order chi connectivity index (χ1) is 17.2. The van der Waals surface area contributed by atoms with Gasteiger partial charge in [-0.15, -0.1) is 0 Å². The third-order valence-electron chi connectivity index (χ3n) is 4.98. The van der Waals surface area contributed by atoms with Gasteiger partial charge in [-0.25, -0.2) is 9.48 Å². The maximum Gasteiger partial charge on any atom is 0.335 e. The Balaban J connectivity index is 0.000000450. The van der Waals surface area contributed by atoms with Crippen molar-refractivity contribution in [3.63, 3.8) is 0 Å². The van der Waals surface area contributed by atoms with Crippen LogP contribution in [0.15, 0.2) is 67.3 Å². The molecule has 1 N–H and O–H groups in total. The minimum absolute atomic E-state index is 0.0158. The highest BCUT2D eigenvalue weighted by atomic mass is 16.5. The maximum atomic E-state index is 11.9. The van der Waals surface area contributed by atoms with Crippen molar-refractivity contribution in [2.24, 2.45) is 0 Å². The van der Waals surface area contributed by atoms with Crippen molar-refractivity contribution in [2.75, 3.05) is 14.2 Å². The van der Waals surface area contributed by atoms with Crippen LogP contribution < -0.4 is 9.47 Å². The number of aromatic nitrogens is 2. The monoisotopic (exact) mass is 492 g/mol. The zero-order chi connectivity index (χ0) is 27.3. The molecule has 0 unspecified atom stereocenters. The van der Waals surface area contributed by atoms with Gasteiger partial charge >= 0.3 is 5.97 Å². The Labute approximate surface area is 213 Å². The SMILES string of the molecule is C=C/C=C(/c1ccc(OC)c(OC)c1)n1nc(C(=O)CC)cc1C.CC.Cc1ccc(C(=O)O)cc1. The number of carboxylic acids is 1. The van der Waals surface area contributed by atoms with Crippen molar-refractivity contribution < 1.29 is 24.2 Å². The minimum atomic E-state index is -0.875. The highest BCUT2D eigenvalue weighted by molar-refractivity contribution is 5.94. The normalized spacial score (nSPS) is 10.2. The average Bonchev–Trinajstić information content (AvgIpc) is 3.29. The quantitative estimate of drug-likeness (QED) is 0.282. The van der Waals surface area contributed by atoms with Gasteiger partial charge in [0.2, 0.25) is 0 Å². The molecule has 192 valence electrons. The van der Waals surface area contributed by atoms with Gasteiger partial charge < -0.3 is 14.6 Å². The summed E-state index contributed by atoms with van der Waals surface area (Å²) in [5, 5.41) is 12.9. The second-order valence-corrected chi connectivity index (χ2v) is 7.39. The third-order valence-corrected chi connectivity index (χ3v) is 4.98. The predicted octanol–water partition coefficient (Wildman–Crippen LogP) is 6.60. The van der Waals surface area contributed by atoms with Gasteiger partial charge in [0.05, 0.1) is 25.5 Å². The Morgan fingerprint density at radius 2 is 1.56 bits per heavy atom. The zero-order valence-electron chi connectivity index (χ0n) is 22.2. The summed E-state index contributed by atoms with van der Waals surface area (Å²) in [6, 6.07) is 14.2. The predicted molar refractivity (Wildman–Crippen MR) is 144 cm³/mol. The molecule has 7 heteroatoms. The molecule has 7 nitrogen and oxygen atoms in total. The lowest BCUT2D eigenvalue weighted by molar-refractivity contribution is 0.0696. The lowest BCUT2D eigenvalue weighted by atomic mass is 10.1. The van der Waals surface area contributed by atoms with Gasteiger partial charge in [-0.2, -0.15) is 5.10 Å². The molecule has 0 saturated carbocycles. The second kappa shape index (κ2) is 15.0. The van der Waals surface area contributed by atoms with E-state index in [1.165, 1.54) is 0 Å². The van der Waals surface area contributed by atoms with E-state index in [-0.39, 0.29) is 5.78 Å². The molecule has 36 heavy (non-hydrogen) atoms. The Morgan fingerprint density at radius 3 is 2.06 bits per heavy atom. The number of benzene rings is 2. The van der Waals surface area contributed by atoms with Gasteiger partial charge in [0.1, 0.15) is 5.69 Å². The topological polar surface area (TPSA) is 90.7 Å². The molecule has 0 atom stereocenters. The van der Waals surface area contributed by atoms with Gasteiger partial charge in [0.15, 0.2) is 17.3 Å². The number of carbonyl (C=O) groups excluding carboxylic acids is 1. The average molecular weight is 493 g/mol. The minimum Gasteiger partial charge on any atom is -0.493 e. The molecule has 0 bridgehead atoms. The number of ether oxygens (including phenoxy) is 2. The lowest BCUT2D eigenvalue weighted by Crippen LogP contribution is -2.05. The molecular weight excluding hydrogens is 456 g/mol. The number of aromatic carboxylic acids is 1. The van der Waals surface area contributed by atoms with E-state index in [2.05, 4.69) is 11.7 Å². The highest BCUT2D eigenvalue weighted by Crippen LogP contribution is 2.31. The Bertz CT molecular complexity index is 1190. The van der Waals surface area contributed by atoms with Crippen molar-refractivity contribution in [2.45, 2.75) is 41.0 Å². The van der Waals surface area contributed by atoms with Crippen LogP contribution in [0.3, 0.4) is 0 Å². The van der Waals surface area contributed by atoms with Crippen molar-refractivity contribution in [1.82, 2.24) is 9.78 Å². The number of rotatable bonds is 8. The van der Waals surface area contributed by atoms with Crippen LogP contribution in [0.25, 0.3) is 5.70 Å². The maximum absolute atomic E-state index is 11.9. The fourth-order valence-corrected chi connectivity index (χ4v) is 3.13. The van der Waals surface area contributed by atoms with Crippen LogP contribution in [-0.4, -0.2) is 40.9 Å². The zero-order valence-corrected chi connectivity index (χ0v) is 22.2. The smallest absolute Gasteiger partial charge is 0.335 e. The summed E-state index contributed by atoms with van der Waals surface area (Å²) < 4.78 is 12.4. The van der Waals surface area contributed by atoms with E-state index in [1.54, 1.807) is 55.3 Å². The van der Waals surface area contributed by atoms with E-state index >= 15 is 0 Å². The van der Waals surface area contributed by atoms with Crippen molar-refractivity contribution >= 4 is 17.4 Å². The standard InChI is InChI=1S/C19H22N2O3.C8H8O2.C2H6/c1-6-8-16(14-9-10-18(23-4)19(12-14)24-5)21-13(3)11-15(20-21)17(22)7-2;1-6-2-4-7(5-3-6)8(9)10;1-2/h6,8-12H,1,7H2,2-5H3;2-5H,1H3,(H,9,10);1-2H3/b16-8-;;. The van der Waals surface area contributed by atoms with Gasteiger partial charge in [0.25, 0.3) is 0 Å². The van der Waals surface area contributed by atoms with Crippen LogP contribution in [0.5, 0.6) is 11.5 Å². The highest BCUT2D eigenvalue weighted by Gasteiger charge is 2.15. The van der Waals surface area contributed by atoms with Crippen molar-refractivity contribution in [1.29, 1.82) is 0 Å². The summed E-state index contributed by atoms with van der Waals surface area (Å²) in [4.78, 5) is 22.2. The number of allylic oxidation sites excluding steroid dienone is 2. The number of Topliss-reactive ketones (excluding diaryl/α,β-unsaturated/α-hetero) is 1. The third kappa shape index (κ3) is 7.98. The summed E-state index contributed by atoms with van der Waals surface area (Å²) >= 11 is 0. The first kappa shape index (κ1) is 29.9. The van der Waals surface area contributed by atoms with E-state index in [0.717, 1.165) is 22.5 Å². The van der Waals surface area contributed by atoms with E-state index in [1.807, 2.05) is 58.9 Å². The van der Waals surface area contributed by atoms with E-state index in [4.69, 9.17) is 14.6 Å². The molecule has 0 aliphatic heterocycles. The Hall–Kier alpha value is -4.13. The number of ketones is 1. The molecule has 3 aromatic rings. The summed E-state index contributed by atoms with van der Waals surface area (Å²) in [7, 11) is 3.19. The summed E-state index contributed by atoms with van der Waals surface area (Å²) in [6.45, 7) is 13.4. The Morgan fingerprint density at radius 1 is 0.972 bits per heavy atom. The number of carbonyl (C=O) groups is 2. The molecule has 2 aromatic carbocycles. The van der Waals surface area contributed by atoms with Crippen LogP contribution >= 0.6 is 0 Å². The van der Waals surface area contributed by atoms with Crippen LogP contribution in [0.2, 0.25) is 0 Å². The van der Waals surface area contributed by atoms with Gasteiger partial charge in [-0.1, -0.05) is 51.1 Å². The lowest BCUT2D eigenvalue weighted by Gasteiger charge is -2.13.